The van der Waals surface area contributed by atoms with Crippen molar-refractivity contribution in [1.29, 1.82) is 0 Å². The van der Waals surface area contributed by atoms with Gasteiger partial charge in [-0.1, -0.05) is 35.0 Å². The molecule has 1 amide bonds. The molecule has 28 heavy (non-hydrogen) atoms. The number of nitrogens with one attached hydrogen (secondary N) is 1. The van der Waals surface area contributed by atoms with E-state index < -0.39 is 36.6 Å². The van der Waals surface area contributed by atoms with Gasteiger partial charge in [0.15, 0.2) is 0 Å². The SMILES string of the molecule is COC(=O)C/C(C(=O)OC)=[N+]1\NC(=O)C[C@@H]1[C@@H](OCc1ccccc1)[C@H](C)O. The summed E-state index contributed by atoms with van der Waals surface area (Å²) in [7, 11) is 2.36. The Kier molecular flexibility index (Phi) is 7.65. The largest absolute Gasteiger partial charge is 0.469 e. The molecule has 2 rings (SSSR count). The lowest BCUT2D eigenvalue weighted by Crippen LogP contribution is -2.48. The Balaban J connectivity index is 2.34. The number of rotatable bonds is 8. The van der Waals surface area contributed by atoms with Crippen molar-refractivity contribution >= 4 is 23.6 Å². The highest BCUT2D eigenvalue weighted by Gasteiger charge is 2.47. The third-order valence-corrected chi connectivity index (χ3v) is 4.36. The maximum atomic E-state index is 12.2. The molecule has 1 aromatic carbocycles. The van der Waals surface area contributed by atoms with Crippen LogP contribution >= 0.6 is 0 Å². The molecule has 9 nitrogen and oxygen atoms in total. The molecular formula is C19H25N2O7+. The Hall–Kier alpha value is -2.78. The van der Waals surface area contributed by atoms with Crippen molar-refractivity contribution in [2.24, 2.45) is 0 Å². The zero-order chi connectivity index (χ0) is 20.7. The molecule has 152 valence electrons. The zero-order valence-electron chi connectivity index (χ0n) is 16.1. The third-order valence-electron chi connectivity index (χ3n) is 4.36. The number of esters is 2. The van der Waals surface area contributed by atoms with E-state index in [9.17, 15) is 19.5 Å². The second-order valence-electron chi connectivity index (χ2n) is 6.37. The average molecular weight is 393 g/mol. The van der Waals surface area contributed by atoms with Crippen molar-refractivity contribution in [3.63, 3.8) is 0 Å². The molecule has 1 aliphatic rings. The molecule has 1 heterocycles. The summed E-state index contributed by atoms with van der Waals surface area (Å²) in [5.41, 5.74) is 3.33. The maximum Gasteiger partial charge on any atom is 0.401 e. The predicted octanol–water partition coefficient (Wildman–Crippen LogP) is -0.0543. The Morgan fingerprint density at radius 2 is 1.93 bits per heavy atom. The fourth-order valence-corrected chi connectivity index (χ4v) is 3.00. The first-order chi connectivity index (χ1) is 13.4. The Morgan fingerprint density at radius 1 is 1.25 bits per heavy atom. The Morgan fingerprint density at radius 3 is 2.50 bits per heavy atom. The molecule has 0 aliphatic carbocycles. The van der Waals surface area contributed by atoms with Crippen LogP contribution in [0.3, 0.4) is 0 Å². The van der Waals surface area contributed by atoms with Gasteiger partial charge in [-0.3, -0.25) is 9.59 Å². The molecule has 0 spiro atoms. The highest BCUT2D eigenvalue weighted by molar-refractivity contribution is 6.37. The van der Waals surface area contributed by atoms with Gasteiger partial charge in [0.25, 0.3) is 5.91 Å². The van der Waals surface area contributed by atoms with E-state index in [0.717, 1.165) is 5.56 Å². The van der Waals surface area contributed by atoms with Gasteiger partial charge in [-0.25, -0.2) is 4.79 Å². The summed E-state index contributed by atoms with van der Waals surface area (Å²) in [4.78, 5) is 36.0. The number of hydrazone groups is 1. The zero-order valence-corrected chi connectivity index (χ0v) is 16.1. The molecule has 9 heteroatoms. The van der Waals surface area contributed by atoms with E-state index in [1.165, 1.54) is 25.8 Å². The minimum atomic E-state index is -0.944. The molecule has 0 saturated carbocycles. The summed E-state index contributed by atoms with van der Waals surface area (Å²) >= 11 is 0. The number of hydrogen-bond acceptors (Lipinski definition) is 7. The average Bonchev–Trinajstić information content (AvgIpc) is 3.06. The minimum absolute atomic E-state index is 0.0218. The Bertz CT molecular complexity index is 746. The van der Waals surface area contributed by atoms with Crippen molar-refractivity contribution in [1.82, 2.24) is 5.43 Å². The lowest BCUT2D eigenvalue weighted by atomic mass is 10.0. The molecule has 1 fully saturated rings. The lowest BCUT2D eigenvalue weighted by molar-refractivity contribution is -0.604. The first kappa shape index (κ1) is 21.5. The number of aliphatic hydroxyl groups is 1. The number of hydrazine groups is 1. The topological polar surface area (TPSA) is 114 Å². The number of carbonyl (C=O) groups excluding carboxylic acids is 3. The first-order valence-electron chi connectivity index (χ1n) is 8.80. The second-order valence-corrected chi connectivity index (χ2v) is 6.37. The number of ether oxygens (including phenoxy) is 3. The van der Waals surface area contributed by atoms with Crippen LogP contribution in [-0.2, 0) is 35.2 Å². The van der Waals surface area contributed by atoms with E-state index in [2.05, 4.69) is 10.2 Å². The van der Waals surface area contributed by atoms with Crippen LogP contribution in [0.1, 0.15) is 25.3 Å². The predicted molar refractivity (Wildman–Crippen MR) is 97.2 cm³/mol. The summed E-state index contributed by atoms with van der Waals surface area (Å²) in [6, 6.07) is 8.64. The number of nitrogens with zero attached hydrogens (tertiary/aromatic N) is 1. The van der Waals surface area contributed by atoms with Gasteiger partial charge in [0.05, 0.1) is 33.4 Å². The van der Waals surface area contributed by atoms with Gasteiger partial charge in [-0.05, 0) is 12.5 Å². The molecule has 2 N–H and O–H groups in total. The monoisotopic (exact) mass is 393 g/mol. The van der Waals surface area contributed by atoms with E-state index in [1.807, 2.05) is 30.3 Å². The first-order valence-corrected chi connectivity index (χ1v) is 8.80. The molecule has 1 aromatic rings. The lowest BCUT2D eigenvalue weighted by Gasteiger charge is -2.23. The highest BCUT2D eigenvalue weighted by Crippen LogP contribution is 2.19. The smallest absolute Gasteiger partial charge is 0.401 e. The minimum Gasteiger partial charge on any atom is -0.469 e. The molecule has 0 radical (unpaired) electrons. The van der Waals surface area contributed by atoms with E-state index in [1.54, 1.807) is 0 Å². The van der Waals surface area contributed by atoms with E-state index in [0.29, 0.717) is 0 Å². The normalized spacial score (nSPS) is 20.1. The van der Waals surface area contributed by atoms with Gasteiger partial charge in [-0.15, -0.1) is 5.43 Å². The summed E-state index contributed by atoms with van der Waals surface area (Å²) in [5, 5.41) is 10.3. The molecule has 1 saturated heterocycles. The van der Waals surface area contributed by atoms with Crippen LogP contribution < -0.4 is 5.43 Å². The van der Waals surface area contributed by atoms with Crippen LogP contribution in [0.15, 0.2) is 30.3 Å². The van der Waals surface area contributed by atoms with Gasteiger partial charge >= 0.3 is 17.7 Å². The van der Waals surface area contributed by atoms with E-state index in [4.69, 9.17) is 9.47 Å². The summed E-state index contributed by atoms with van der Waals surface area (Å²) < 4.78 is 16.5. The number of methoxy groups -OCH3 is 2. The van der Waals surface area contributed by atoms with Crippen LogP contribution in [0.4, 0.5) is 0 Å². The van der Waals surface area contributed by atoms with Crippen LogP contribution in [0.5, 0.6) is 0 Å². The number of hydrogen-bond donors (Lipinski definition) is 2. The van der Waals surface area contributed by atoms with Gasteiger partial charge in [0.1, 0.15) is 12.5 Å². The third kappa shape index (κ3) is 5.37. The summed E-state index contributed by atoms with van der Waals surface area (Å²) in [6.07, 6.45) is -2.17. The molecule has 0 aromatic heterocycles. The molecular weight excluding hydrogens is 368 g/mol. The number of benzene rings is 1. The van der Waals surface area contributed by atoms with Crippen LogP contribution in [0.25, 0.3) is 0 Å². The molecule has 0 bridgehead atoms. The van der Waals surface area contributed by atoms with Crippen LogP contribution in [0.2, 0.25) is 0 Å². The van der Waals surface area contributed by atoms with Crippen molar-refractivity contribution in [2.75, 3.05) is 14.2 Å². The summed E-state index contributed by atoms with van der Waals surface area (Å²) in [5.74, 6) is -1.82. The van der Waals surface area contributed by atoms with Gasteiger partial charge < -0.3 is 19.3 Å². The van der Waals surface area contributed by atoms with Crippen molar-refractivity contribution in [3.8, 4) is 0 Å². The summed E-state index contributed by atoms with van der Waals surface area (Å²) in [6.45, 7) is 1.74. The highest BCUT2D eigenvalue weighted by atomic mass is 16.5. The quantitative estimate of drug-likeness (QED) is 0.470. The van der Waals surface area contributed by atoms with E-state index in [-0.39, 0.29) is 24.6 Å². The second kappa shape index (κ2) is 9.95. The van der Waals surface area contributed by atoms with Crippen molar-refractivity contribution < 1.29 is 38.4 Å². The van der Waals surface area contributed by atoms with Crippen molar-refractivity contribution in [2.45, 2.75) is 44.6 Å². The molecule has 3 atom stereocenters. The maximum absolute atomic E-state index is 12.2. The molecule has 1 aliphatic heterocycles. The number of aliphatic hydroxyl groups excluding tert-OH is 1. The Labute approximate surface area is 162 Å². The molecule has 0 unspecified atom stereocenters. The van der Waals surface area contributed by atoms with Gasteiger partial charge in [-0.2, -0.15) is 0 Å². The standard InChI is InChI=1S/C19H24N2O7/c1-12(22)18(28-11-13-7-5-4-6-8-13)14-9-16(23)20-21(14)15(19(25)27-3)10-17(24)26-2/h4-8,12,14,18,22H,9-11H2,1-3H3/p+1/t12-,14+,18-/m0/s1. The number of amides is 1. The van der Waals surface area contributed by atoms with E-state index >= 15 is 0 Å². The van der Waals surface area contributed by atoms with Crippen LogP contribution in [0, 0.1) is 0 Å². The van der Waals surface area contributed by atoms with Crippen LogP contribution in [-0.4, -0.2) is 65.8 Å². The van der Waals surface area contributed by atoms with Crippen molar-refractivity contribution in [3.05, 3.63) is 35.9 Å². The number of carbonyl (C=O) groups is 3. The van der Waals surface area contributed by atoms with Gasteiger partial charge in [0.2, 0.25) is 6.04 Å². The fraction of sp³-hybridized carbons (Fsp3) is 0.474. The van der Waals surface area contributed by atoms with Gasteiger partial charge in [0, 0.05) is 0 Å². The fourth-order valence-electron chi connectivity index (χ4n) is 3.00.